The van der Waals surface area contributed by atoms with Gasteiger partial charge in [-0.25, -0.2) is 9.37 Å². The number of hydrogen-bond donors (Lipinski definition) is 0. The van der Waals surface area contributed by atoms with E-state index in [2.05, 4.69) is 4.90 Å². The van der Waals surface area contributed by atoms with Crippen molar-refractivity contribution in [3.63, 3.8) is 0 Å². The monoisotopic (exact) mass is 772 g/mol. The molecule has 3 heterocycles. The van der Waals surface area contributed by atoms with Gasteiger partial charge in [-0.2, -0.15) is 0 Å². The van der Waals surface area contributed by atoms with Crippen molar-refractivity contribution in [2.75, 3.05) is 54.1 Å². The number of para-hydroxylation sites is 2. The first-order valence-corrected chi connectivity index (χ1v) is 18.9. The molecule has 4 aromatic carbocycles. The van der Waals surface area contributed by atoms with Crippen LogP contribution in [-0.2, 0) is 12.0 Å². The van der Waals surface area contributed by atoms with Crippen LogP contribution in [0.25, 0.3) is 11.0 Å². The van der Waals surface area contributed by atoms with Crippen LogP contribution in [0.4, 0.5) is 4.39 Å². The number of imidazole rings is 1. The maximum Gasteiger partial charge on any atom is 0.254 e. The Hall–Kier alpha value is -4.64. The average molecular weight is 774 g/mol. The molecule has 1 atom stereocenters. The number of aromatic nitrogens is 2. The zero-order chi connectivity index (χ0) is 38.0. The molecule has 1 aromatic heterocycles. The summed E-state index contributed by atoms with van der Waals surface area (Å²) in [5, 5.41) is 0.963. The molecule has 54 heavy (non-hydrogen) atoms. The van der Waals surface area contributed by atoms with Gasteiger partial charge in [0.25, 0.3) is 5.91 Å². The van der Waals surface area contributed by atoms with Crippen LogP contribution < -0.4 is 14.2 Å². The fourth-order valence-electron chi connectivity index (χ4n) is 8.01. The summed E-state index contributed by atoms with van der Waals surface area (Å²) in [6, 6.07) is 23.3. The highest BCUT2D eigenvalue weighted by Crippen LogP contribution is 2.43. The molecule has 2 aliphatic rings. The van der Waals surface area contributed by atoms with Gasteiger partial charge in [0.15, 0.2) is 17.3 Å². The lowest BCUT2D eigenvalue weighted by Gasteiger charge is -2.36. The molecule has 0 N–H and O–H groups in total. The van der Waals surface area contributed by atoms with Gasteiger partial charge < -0.3 is 28.6 Å². The molecule has 2 fully saturated rings. The summed E-state index contributed by atoms with van der Waals surface area (Å²) in [7, 11) is 4.59. The van der Waals surface area contributed by atoms with Gasteiger partial charge in [-0.1, -0.05) is 53.5 Å². The summed E-state index contributed by atoms with van der Waals surface area (Å²) in [6.45, 7) is 3.80. The lowest BCUT2D eigenvalue weighted by atomic mass is 9.76. The molecular weight excluding hydrogens is 730 g/mol. The second-order valence-corrected chi connectivity index (χ2v) is 15.0. The lowest BCUT2D eigenvalue weighted by Crippen LogP contribution is -2.41. The predicted molar refractivity (Wildman–Crippen MR) is 208 cm³/mol. The van der Waals surface area contributed by atoms with E-state index < -0.39 is 0 Å². The number of likely N-dealkylation sites (tertiary alicyclic amines) is 2. The van der Waals surface area contributed by atoms with Crippen molar-refractivity contribution in [1.29, 1.82) is 0 Å². The number of benzene rings is 4. The molecule has 1 amide bonds. The molecule has 0 radical (unpaired) electrons. The van der Waals surface area contributed by atoms with E-state index in [9.17, 15) is 14.0 Å². The third kappa shape index (κ3) is 7.52. The van der Waals surface area contributed by atoms with Crippen LogP contribution in [0.3, 0.4) is 0 Å². The Labute approximate surface area is 324 Å². The Morgan fingerprint density at radius 3 is 2.24 bits per heavy atom. The molecular formula is C42H43Cl2FN4O5. The van der Waals surface area contributed by atoms with Crippen LogP contribution in [0.15, 0.2) is 78.9 Å². The molecule has 2 aliphatic heterocycles. The molecule has 0 bridgehead atoms. The first-order valence-electron chi connectivity index (χ1n) is 18.1. The summed E-state index contributed by atoms with van der Waals surface area (Å²) in [6.07, 6.45) is 2.96. The average Bonchev–Trinajstić information content (AvgIpc) is 3.81. The Morgan fingerprint density at radius 2 is 1.57 bits per heavy atom. The number of methoxy groups -OCH3 is 3. The number of rotatable bonds is 12. The fraction of sp³-hybridized carbons (Fsp3) is 0.357. The molecule has 12 heteroatoms. The Morgan fingerprint density at radius 1 is 0.870 bits per heavy atom. The highest BCUT2D eigenvalue weighted by molar-refractivity contribution is 6.42. The number of carbonyl (C=O) groups excluding carboxylic acids is 2. The van der Waals surface area contributed by atoms with Gasteiger partial charge in [0, 0.05) is 36.5 Å². The van der Waals surface area contributed by atoms with E-state index >= 15 is 0 Å². The third-order valence-corrected chi connectivity index (χ3v) is 11.8. The van der Waals surface area contributed by atoms with Crippen LogP contribution in [-0.4, -0.2) is 85.1 Å². The Bertz CT molecular complexity index is 2140. The number of piperidine rings is 1. The largest absolute Gasteiger partial charge is 0.493 e. The van der Waals surface area contributed by atoms with E-state index in [4.69, 9.17) is 42.4 Å². The Kier molecular flexibility index (Phi) is 11.2. The van der Waals surface area contributed by atoms with Gasteiger partial charge in [-0.3, -0.25) is 9.59 Å². The summed E-state index contributed by atoms with van der Waals surface area (Å²) < 4.78 is 32.1. The fourth-order valence-corrected chi connectivity index (χ4v) is 8.31. The van der Waals surface area contributed by atoms with Gasteiger partial charge in [0.2, 0.25) is 11.5 Å². The summed E-state index contributed by atoms with van der Waals surface area (Å²) in [4.78, 5) is 37.2. The maximum absolute atomic E-state index is 14.1. The first kappa shape index (κ1) is 37.7. The van der Waals surface area contributed by atoms with E-state index in [0.717, 1.165) is 54.6 Å². The van der Waals surface area contributed by atoms with Crippen molar-refractivity contribution >= 4 is 45.9 Å². The number of Topliss-reactive ketones (excluding diaryl/α,β-unsaturated/α-hetero) is 1. The summed E-state index contributed by atoms with van der Waals surface area (Å²) in [5.74, 6) is 1.17. The quantitative estimate of drug-likeness (QED) is 0.118. The minimum atomic E-state index is -0.359. The zero-order valence-electron chi connectivity index (χ0n) is 30.6. The molecule has 0 spiro atoms. The van der Waals surface area contributed by atoms with Gasteiger partial charge in [0.1, 0.15) is 5.82 Å². The molecule has 282 valence electrons. The van der Waals surface area contributed by atoms with E-state index in [1.807, 2.05) is 51.9 Å². The molecule has 7 rings (SSSR count). The number of fused-ring (bicyclic) bond motifs is 1. The molecule has 5 aromatic rings. The topological polar surface area (TPSA) is 86.1 Å². The van der Waals surface area contributed by atoms with E-state index in [-0.39, 0.29) is 28.8 Å². The second kappa shape index (κ2) is 16.0. The minimum Gasteiger partial charge on any atom is -0.493 e. The van der Waals surface area contributed by atoms with Crippen LogP contribution in [0, 0.1) is 11.7 Å². The number of halogens is 3. The van der Waals surface area contributed by atoms with Gasteiger partial charge in [-0.15, -0.1) is 0 Å². The van der Waals surface area contributed by atoms with E-state index in [1.165, 1.54) is 33.5 Å². The highest BCUT2D eigenvalue weighted by Gasteiger charge is 2.42. The van der Waals surface area contributed by atoms with E-state index in [1.54, 1.807) is 24.3 Å². The summed E-state index contributed by atoms with van der Waals surface area (Å²) >= 11 is 12.9. The lowest BCUT2D eigenvalue weighted by molar-refractivity contribution is 0.0777. The minimum absolute atomic E-state index is 0.0389. The van der Waals surface area contributed by atoms with Gasteiger partial charge in [0.05, 0.1) is 42.4 Å². The van der Waals surface area contributed by atoms with Crippen molar-refractivity contribution in [1.82, 2.24) is 19.4 Å². The van der Waals surface area contributed by atoms with Crippen molar-refractivity contribution < 1.29 is 28.2 Å². The molecule has 0 aliphatic carbocycles. The number of hydrogen-bond acceptors (Lipinski definition) is 7. The number of amides is 1. The predicted octanol–water partition coefficient (Wildman–Crippen LogP) is 8.33. The van der Waals surface area contributed by atoms with Gasteiger partial charge in [-0.05, 0) is 105 Å². The first-order chi connectivity index (χ1) is 26.1. The van der Waals surface area contributed by atoms with Crippen molar-refractivity contribution in [2.45, 2.75) is 37.6 Å². The number of ether oxygens (including phenoxy) is 3. The van der Waals surface area contributed by atoms with Crippen molar-refractivity contribution in [3.05, 3.63) is 117 Å². The van der Waals surface area contributed by atoms with Crippen LogP contribution in [0.2, 0.25) is 10.0 Å². The van der Waals surface area contributed by atoms with Crippen LogP contribution in [0.5, 0.6) is 17.2 Å². The van der Waals surface area contributed by atoms with E-state index in [0.29, 0.717) is 71.2 Å². The SMILES string of the molecule is COc1cc(C(=O)N2CCC(CCN3CCC(C(=O)c4nc5ccccc5n4Cc4ccc(F)cc4)CC3)(c3ccc(Cl)c(Cl)c3)C2)cc(OC)c1OC. The second-order valence-electron chi connectivity index (χ2n) is 14.2. The molecule has 2 saturated heterocycles. The standard InChI is InChI=1S/C42H43Cl2FN4O5/c1-52-36-22-29(23-37(53-2)39(36)54-3)41(51)48-21-17-42(26-48,30-10-13-32(43)33(44)24-30)16-20-47-18-14-28(15-19-47)38(50)40-46-34-6-4-5-7-35(34)49(40)25-27-8-11-31(45)12-9-27/h4-13,22-24,28H,14-21,25-26H2,1-3H3. The van der Waals surface area contributed by atoms with Gasteiger partial charge >= 0.3 is 0 Å². The third-order valence-electron chi connectivity index (χ3n) is 11.1. The number of nitrogens with zero attached hydrogens (tertiary/aromatic N) is 4. The smallest absolute Gasteiger partial charge is 0.254 e. The molecule has 0 saturated carbocycles. The number of carbonyl (C=O) groups is 2. The van der Waals surface area contributed by atoms with Crippen LogP contribution in [0.1, 0.15) is 57.8 Å². The van der Waals surface area contributed by atoms with Crippen LogP contribution >= 0.6 is 23.2 Å². The summed E-state index contributed by atoms with van der Waals surface area (Å²) in [5.41, 5.74) is 3.68. The molecule has 9 nitrogen and oxygen atoms in total. The maximum atomic E-state index is 14.1. The normalized spacial score (nSPS) is 17.9. The number of ketones is 1. The highest BCUT2D eigenvalue weighted by atomic mass is 35.5. The Balaban J connectivity index is 1.06. The van der Waals surface area contributed by atoms with Crippen molar-refractivity contribution in [3.8, 4) is 17.2 Å². The van der Waals surface area contributed by atoms with Crippen molar-refractivity contribution in [2.24, 2.45) is 5.92 Å². The molecule has 1 unspecified atom stereocenters. The zero-order valence-corrected chi connectivity index (χ0v) is 32.1.